The van der Waals surface area contributed by atoms with Gasteiger partial charge in [-0.2, -0.15) is 0 Å². The summed E-state index contributed by atoms with van der Waals surface area (Å²) in [5, 5.41) is 14.5. The van der Waals surface area contributed by atoms with Gasteiger partial charge in [-0.25, -0.2) is 0 Å². The highest BCUT2D eigenvalue weighted by Gasteiger charge is 2.17. The van der Waals surface area contributed by atoms with Crippen LogP contribution >= 0.6 is 11.8 Å². The molecule has 33 heavy (non-hydrogen) atoms. The molecular formula is C23H25N5O4S. The normalized spacial score (nSPS) is 10.4. The Morgan fingerprint density at radius 2 is 1.88 bits per heavy atom. The van der Waals surface area contributed by atoms with Crippen LogP contribution in [0.1, 0.15) is 5.82 Å². The fraction of sp³-hybridized carbons (Fsp3) is 0.217. The smallest absolute Gasteiger partial charge is 0.234 e. The van der Waals surface area contributed by atoms with Gasteiger partial charge in [0.15, 0.2) is 5.16 Å². The van der Waals surface area contributed by atoms with Gasteiger partial charge in [-0.3, -0.25) is 9.59 Å². The van der Waals surface area contributed by atoms with Crippen molar-refractivity contribution < 1.29 is 19.1 Å². The molecule has 172 valence electrons. The summed E-state index contributed by atoms with van der Waals surface area (Å²) in [5.74, 6) is 1.36. The van der Waals surface area contributed by atoms with Crippen molar-refractivity contribution in [3.05, 3.63) is 67.0 Å². The maximum absolute atomic E-state index is 12.6. The highest BCUT2D eigenvalue weighted by atomic mass is 32.2. The Bertz CT molecular complexity index is 1130. The molecule has 0 radical (unpaired) electrons. The lowest BCUT2D eigenvalue weighted by molar-refractivity contribution is -0.116. The molecule has 2 amide bonds. The number of allylic oxidation sites excluding steroid dienone is 1. The number of nitrogens with zero attached hydrogens (tertiary/aromatic N) is 3. The third kappa shape index (κ3) is 6.59. The quantitative estimate of drug-likeness (QED) is 0.329. The molecule has 0 fully saturated rings. The number of aromatic nitrogens is 3. The standard InChI is InChI=1S/C23H25N5O4S/c1-4-12-28-20(14-21(29)25-18-10-5-6-11-19(18)32-3)26-27-23(28)33-15-22(30)24-16-8-7-9-17(13-16)31-2/h4-11,13H,1,12,14-15H2,2-3H3,(H,24,30)(H,25,29). The van der Waals surface area contributed by atoms with E-state index in [-0.39, 0.29) is 24.0 Å². The molecule has 9 nitrogen and oxygen atoms in total. The third-order valence-electron chi connectivity index (χ3n) is 4.49. The van der Waals surface area contributed by atoms with Gasteiger partial charge < -0.3 is 24.7 Å². The average Bonchev–Trinajstić information content (AvgIpc) is 3.19. The van der Waals surface area contributed by atoms with Crippen LogP contribution in [0.2, 0.25) is 0 Å². The molecule has 0 aliphatic rings. The van der Waals surface area contributed by atoms with Crippen molar-refractivity contribution in [2.75, 3.05) is 30.6 Å². The third-order valence-corrected chi connectivity index (χ3v) is 5.46. The van der Waals surface area contributed by atoms with E-state index in [1.54, 1.807) is 61.3 Å². The van der Waals surface area contributed by atoms with Crippen LogP contribution in [-0.4, -0.2) is 46.6 Å². The lowest BCUT2D eigenvalue weighted by Gasteiger charge is -2.11. The molecule has 2 aromatic carbocycles. The summed E-state index contributed by atoms with van der Waals surface area (Å²) < 4.78 is 12.2. The van der Waals surface area contributed by atoms with Crippen molar-refractivity contribution in [2.24, 2.45) is 0 Å². The first-order valence-corrected chi connectivity index (χ1v) is 11.0. The Labute approximate surface area is 196 Å². The van der Waals surface area contributed by atoms with Crippen LogP contribution in [0.5, 0.6) is 11.5 Å². The zero-order valence-electron chi connectivity index (χ0n) is 18.4. The number of hydrogen-bond donors (Lipinski definition) is 2. The van der Waals surface area contributed by atoms with E-state index in [0.717, 1.165) is 0 Å². The van der Waals surface area contributed by atoms with Crippen LogP contribution in [-0.2, 0) is 22.6 Å². The molecular weight excluding hydrogens is 442 g/mol. The molecule has 0 unspecified atom stereocenters. The van der Waals surface area contributed by atoms with Crippen molar-refractivity contribution in [3.63, 3.8) is 0 Å². The minimum atomic E-state index is -0.260. The van der Waals surface area contributed by atoms with E-state index in [1.807, 2.05) is 12.1 Å². The largest absolute Gasteiger partial charge is 0.497 e. The number of nitrogens with one attached hydrogen (secondary N) is 2. The summed E-state index contributed by atoms with van der Waals surface area (Å²) in [4.78, 5) is 25.0. The molecule has 0 aliphatic carbocycles. The van der Waals surface area contributed by atoms with Gasteiger partial charge in [-0.1, -0.05) is 36.0 Å². The second-order valence-corrected chi connectivity index (χ2v) is 7.73. The number of hydrogen-bond acceptors (Lipinski definition) is 7. The van der Waals surface area contributed by atoms with Gasteiger partial charge in [0, 0.05) is 18.3 Å². The molecule has 10 heteroatoms. The summed E-state index contributed by atoms with van der Waals surface area (Å²) >= 11 is 1.23. The Balaban J connectivity index is 1.63. The minimum Gasteiger partial charge on any atom is -0.497 e. The van der Waals surface area contributed by atoms with Crippen LogP contribution in [0.3, 0.4) is 0 Å². The number of anilines is 2. The Kier molecular flexibility index (Phi) is 8.48. The number of methoxy groups -OCH3 is 2. The molecule has 0 aliphatic heterocycles. The molecule has 0 atom stereocenters. The van der Waals surface area contributed by atoms with Gasteiger partial charge >= 0.3 is 0 Å². The van der Waals surface area contributed by atoms with Gasteiger partial charge in [0.25, 0.3) is 0 Å². The molecule has 0 saturated heterocycles. The summed E-state index contributed by atoms with van der Waals surface area (Å²) in [6.45, 7) is 4.17. The van der Waals surface area contributed by atoms with E-state index in [9.17, 15) is 9.59 Å². The van der Waals surface area contributed by atoms with Crippen molar-refractivity contribution >= 4 is 35.0 Å². The van der Waals surface area contributed by atoms with Crippen molar-refractivity contribution in [1.29, 1.82) is 0 Å². The zero-order chi connectivity index (χ0) is 23.6. The highest BCUT2D eigenvalue weighted by Crippen LogP contribution is 2.24. The highest BCUT2D eigenvalue weighted by molar-refractivity contribution is 7.99. The van der Waals surface area contributed by atoms with Gasteiger partial charge in [0.2, 0.25) is 11.8 Å². The summed E-state index contributed by atoms with van der Waals surface area (Å²) in [5.41, 5.74) is 1.21. The lowest BCUT2D eigenvalue weighted by Crippen LogP contribution is -2.18. The number of rotatable bonds is 11. The molecule has 0 spiro atoms. The molecule has 1 aromatic heterocycles. The van der Waals surface area contributed by atoms with Crippen LogP contribution in [0.4, 0.5) is 11.4 Å². The SMILES string of the molecule is C=CCn1c(CC(=O)Nc2ccccc2OC)nnc1SCC(=O)Nc1cccc(OC)c1. The Hall–Kier alpha value is -3.79. The van der Waals surface area contributed by atoms with E-state index >= 15 is 0 Å². The monoisotopic (exact) mass is 467 g/mol. The molecule has 3 aromatic rings. The van der Waals surface area contributed by atoms with E-state index in [2.05, 4.69) is 27.4 Å². The van der Waals surface area contributed by atoms with E-state index in [1.165, 1.54) is 11.8 Å². The topological polar surface area (TPSA) is 107 Å². The Morgan fingerprint density at radius 3 is 2.64 bits per heavy atom. The molecule has 0 saturated carbocycles. The van der Waals surface area contributed by atoms with Crippen molar-refractivity contribution in [1.82, 2.24) is 14.8 Å². The number of ether oxygens (including phenoxy) is 2. The average molecular weight is 468 g/mol. The summed E-state index contributed by atoms with van der Waals surface area (Å²) in [7, 11) is 3.11. The first kappa shape index (κ1) is 23.9. The molecule has 1 heterocycles. The predicted octanol–water partition coefficient (Wildman–Crippen LogP) is 3.39. The molecule has 3 rings (SSSR count). The molecule has 2 N–H and O–H groups in total. The van der Waals surface area contributed by atoms with E-state index in [4.69, 9.17) is 9.47 Å². The Morgan fingerprint density at radius 1 is 1.06 bits per heavy atom. The second-order valence-electron chi connectivity index (χ2n) is 6.79. The molecule has 0 bridgehead atoms. The predicted molar refractivity (Wildman–Crippen MR) is 128 cm³/mol. The maximum Gasteiger partial charge on any atom is 0.234 e. The number of thioether (sulfide) groups is 1. The number of carbonyl (C=O) groups excluding carboxylic acids is 2. The van der Waals surface area contributed by atoms with E-state index in [0.29, 0.717) is 40.4 Å². The minimum absolute atomic E-state index is 0.00938. The van der Waals surface area contributed by atoms with E-state index < -0.39 is 0 Å². The lowest BCUT2D eigenvalue weighted by atomic mass is 10.2. The first-order valence-electron chi connectivity index (χ1n) is 10.1. The van der Waals surface area contributed by atoms with Crippen molar-refractivity contribution in [2.45, 2.75) is 18.1 Å². The number of carbonyl (C=O) groups is 2. The number of benzene rings is 2. The van der Waals surface area contributed by atoms with Crippen molar-refractivity contribution in [3.8, 4) is 11.5 Å². The maximum atomic E-state index is 12.6. The summed E-state index contributed by atoms with van der Waals surface area (Å²) in [6, 6.07) is 14.3. The van der Waals surface area contributed by atoms with Gasteiger partial charge in [-0.05, 0) is 24.3 Å². The summed E-state index contributed by atoms with van der Waals surface area (Å²) in [6.07, 6.45) is 1.70. The van der Waals surface area contributed by atoms with Gasteiger partial charge in [0.05, 0.1) is 32.1 Å². The van der Waals surface area contributed by atoms with Gasteiger partial charge in [0.1, 0.15) is 17.3 Å². The van der Waals surface area contributed by atoms with Crippen LogP contribution in [0.15, 0.2) is 66.3 Å². The zero-order valence-corrected chi connectivity index (χ0v) is 19.2. The first-order chi connectivity index (χ1) is 16.0. The van der Waals surface area contributed by atoms with Gasteiger partial charge in [-0.15, -0.1) is 16.8 Å². The van der Waals surface area contributed by atoms with Crippen LogP contribution in [0, 0.1) is 0 Å². The van der Waals surface area contributed by atoms with Crippen LogP contribution < -0.4 is 20.1 Å². The number of para-hydroxylation sites is 2. The van der Waals surface area contributed by atoms with Crippen LogP contribution in [0.25, 0.3) is 0 Å². The second kappa shape index (κ2) is 11.7. The fourth-order valence-corrected chi connectivity index (χ4v) is 3.75. The fourth-order valence-electron chi connectivity index (χ4n) is 2.98. The number of amides is 2.